The summed E-state index contributed by atoms with van der Waals surface area (Å²) in [5, 5.41) is 3.92. The maximum Gasteiger partial charge on any atom is 0.317 e. The highest BCUT2D eigenvalue weighted by Crippen LogP contribution is 2.45. The van der Waals surface area contributed by atoms with Gasteiger partial charge in [0.1, 0.15) is 0 Å². The molecule has 0 unspecified atom stereocenters. The normalized spacial score (nSPS) is 15.0. The predicted octanol–water partition coefficient (Wildman–Crippen LogP) is 4.27. The minimum Gasteiger partial charge on any atom is -0.455 e. The number of benzene rings is 2. The topological polar surface area (TPSA) is 55.4 Å². The van der Waals surface area contributed by atoms with E-state index in [9.17, 15) is 9.59 Å². The van der Waals surface area contributed by atoms with Crippen LogP contribution in [0.25, 0.3) is 0 Å². The minimum atomic E-state index is -0.659. The Kier molecular flexibility index (Phi) is 5.84. The van der Waals surface area contributed by atoms with Crippen molar-refractivity contribution in [3.63, 3.8) is 0 Å². The van der Waals surface area contributed by atoms with Crippen molar-refractivity contribution in [1.82, 2.24) is 5.32 Å². The van der Waals surface area contributed by atoms with Crippen LogP contribution in [-0.4, -0.2) is 18.5 Å². The van der Waals surface area contributed by atoms with Crippen LogP contribution >= 0.6 is 23.2 Å². The summed E-state index contributed by atoms with van der Waals surface area (Å²) in [6.07, 6.45) is 2.39. The molecule has 0 heterocycles. The Morgan fingerprint density at radius 1 is 1.04 bits per heavy atom. The average molecular weight is 392 g/mol. The van der Waals surface area contributed by atoms with Gasteiger partial charge in [-0.25, -0.2) is 0 Å². The Labute approximate surface area is 162 Å². The molecule has 3 rings (SSSR count). The van der Waals surface area contributed by atoms with Gasteiger partial charge in [0.2, 0.25) is 0 Å². The second-order valence-corrected chi connectivity index (χ2v) is 7.23. The lowest BCUT2D eigenvalue weighted by molar-refractivity contribution is -0.157. The van der Waals surface area contributed by atoms with Crippen LogP contribution in [0.1, 0.15) is 30.4 Å². The first-order valence-corrected chi connectivity index (χ1v) is 9.20. The van der Waals surface area contributed by atoms with Crippen molar-refractivity contribution in [3.8, 4) is 0 Å². The molecule has 0 spiro atoms. The molecule has 6 heteroatoms. The first-order valence-electron chi connectivity index (χ1n) is 8.45. The summed E-state index contributed by atoms with van der Waals surface area (Å²) in [6.45, 7) is -0.0169. The number of hydrogen-bond donors (Lipinski definition) is 1. The molecule has 2 aromatic carbocycles. The highest BCUT2D eigenvalue weighted by Gasteiger charge is 2.47. The molecule has 1 aliphatic rings. The molecule has 0 aliphatic heterocycles. The van der Waals surface area contributed by atoms with E-state index in [0.717, 1.165) is 17.5 Å². The van der Waals surface area contributed by atoms with Gasteiger partial charge < -0.3 is 10.1 Å². The van der Waals surface area contributed by atoms with E-state index in [1.54, 1.807) is 18.2 Å². The Bertz CT molecular complexity index is 801. The zero-order valence-corrected chi connectivity index (χ0v) is 15.6. The maximum absolute atomic E-state index is 12.6. The van der Waals surface area contributed by atoms with E-state index in [4.69, 9.17) is 27.9 Å². The molecule has 4 nitrogen and oxygen atoms in total. The quantitative estimate of drug-likeness (QED) is 0.747. The number of ether oxygens (including phenoxy) is 1. The van der Waals surface area contributed by atoms with Gasteiger partial charge in [0, 0.05) is 16.6 Å². The maximum atomic E-state index is 12.6. The van der Waals surface area contributed by atoms with E-state index in [1.165, 1.54) is 0 Å². The van der Waals surface area contributed by atoms with Crippen LogP contribution < -0.4 is 5.32 Å². The number of carbonyl (C=O) groups excluding carboxylic acids is 2. The highest BCUT2D eigenvalue weighted by atomic mass is 35.5. The number of carbonyl (C=O) groups is 2. The van der Waals surface area contributed by atoms with Crippen molar-refractivity contribution >= 4 is 35.1 Å². The second kappa shape index (κ2) is 8.11. The molecule has 0 atom stereocenters. The molecule has 2 aromatic rings. The summed E-state index contributed by atoms with van der Waals surface area (Å²) in [5.41, 5.74) is 1.04. The minimum absolute atomic E-state index is 0.290. The van der Waals surface area contributed by atoms with Crippen LogP contribution in [-0.2, 0) is 26.3 Å². The molecule has 0 saturated heterocycles. The van der Waals surface area contributed by atoms with E-state index in [0.29, 0.717) is 29.4 Å². The number of nitrogens with one attached hydrogen (secondary N) is 1. The van der Waals surface area contributed by atoms with Gasteiger partial charge in [-0.05, 0) is 42.2 Å². The zero-order chi connectivity index (χ0) is 18.6. The SMILES string of the molecule is O=C(COC(=O)C1(c2ccc(Cl)cc2)CCC1)NCc1ccccc1Cl. The monoisotopic (exact) mass is 391 g/mol. The summed E-state index contributed by atoms with van der Waals surface area (Å²) in [6, 6.07) is 14.5. The zero-order valence-electron chi connectivity index (χ0n) is 14.1. The van der Waals surface area contributed by atoms with Gasteiger partial charge in [0.25, 0.3) is 5.91 Å². The second-order valence-electron chi connectivity index (χ2n) is 6.39. The van der Waals surface area contributed by atoms with Crippen molar-refractivity contribution in [2.24, 2.45) is 0 Å². The van der Waals surface area contributed by atoms with Crippen molar-refractivity contribution in [1.29, 1.82) is 0 Å². The predicted molar refractivity (Wildman–Crippen MR) is 101 cm³/mol. The van der Waals surface area contributed by atoms with Gasteiger partial charge in [-0.3, -0.25) is 9.59 Å². The fourth-order valence-electron chi connectivity index (χ4n) is 3.07. The van der Waals surface area contributed by atoms with Crippen molar-refractivity contribution in [3.05, 3.63) is 69.7 Å². The Balaban J connectivity index is 1.55. The van der Waals surface area contributed by atoms with Crippen molar-refractivity contribution in [2.45, 2.75) is 31.2 Å². The third-order valence-electron chi connectivity index (χ3n) is 4.76. The van der Waals surface area contributed by atoms with Gasteiger partial charge in [0.15, 0.2) is 6.61 Å². The molecule has 1 aliphatic carbocycles. The van der Waals surface area contributed by atoms with E-state index >= 15 is 0 Å². The molecule has 0 aromatic heterocycles. The van der Waals surface area contributed by atoms with E-state index in [1.807, 2.05) is 30.3 Å². The average Bonchev–Trinajstić information content (AvgIpc) is 2.60. The Morgan fingerprint density at radius 3 is 2.35 bits per heavy atom. The van der Waals surface area contributed by atoms with Crippen LogP contribution in [0.15, 0.2) is 48.5 Å². The lowest BCUT2D eigenvalue weighted by Crippen LogP contribution is -2.44. The summed E-state index contributed by atoms with van der Waals surface area (Å²) in [5.74, 6) is -0.720. The number of halogens is 2. The van der Waals surface area contributed by atoms with Gasteiger partial charge in [-0.1, -0.05) is 60.0 Å². The summed E-state index contributed by atoms with van der Waals surface area (Å²) in [7, 11) is 0. The highest BCUT2D eigenvalue weighted by molar-refractivity contribution is 6.31. The fourth-order valence-corrected chi connectivity index (χ4v) is 3.39. The van der Waals surface area contributed by atoms with Gasteiger partial charge >= 0.3 is 5.97 Å². The van der Waals surface area contributed by atoms with E-state index in [-0.39, 0.29) is 18.5 Å². The molecule has 0 radical (unpaired) electrons. The molecule has 26 heavy (non-hydrogen) atoms. The standard InChI is InChI=1S/C20H19Cl2NO3/c21-16-8-6-15(7-9-16)20(10-3-11-20)19(25)26-13-18(24)23-12-14-4-1-2-5-17(14)22/h1-2,4-9H,3,10-13H2,(H,23,24). The van der Waals surface area contributed by atoms with Gasteiger partial charge in [-0.2, -0.15) is 0 Å². The molecule has 1 saturated carbocycles. The molecule has 1 N–H and O–H groups in total. The summed E-state index contributed by atoms with van der Waals surface area (Å²) >= 11 is 12.0. The van der Waals surface area contributed by atoms with Crippen LogP contribution in [0.5, 0.6) is 0 Å². The molecule has 1 amide bonds. The van der Waals surface area contributed by atoms with Crippen LogP contribution in [0.3, 0.4) is 0 Å². The third-order valence-corrected chi connectivity index (χ3v) is 5.38. The molecule has 136 valence electrons. The summed E-state index contributed by atoms with van der Waals surface area (Å²) < 4.78 is 5.30. The van der Waals surface area contributed by atoms with Crippen molar-refractivity contribution in [2.75, 3.05) is 6.61 Å². The Morgan fingerprint density at radius 2 is 1.73 bits per heavy atom. The first-order chi connectivity index (χ1) is 12.5. The molecular weight excluding hydrogens is 373 g/mol. The number of esters is 1. The van der Waals surface area contributed by atoms with Crippen LogP contribution in [0.2, 0.25) is 10.0 Å². The van der Waals surface area contributed by atoms with Crippen LogP contribution in [0.4, 0.5) is 0 Å². The Hall–Kier alpha value is -2.04. The largest absolute Gasteiger partial charge is 0.455 e. The third kappa shape index (κ3) is 4.02. The lowest BCUT2D eigenvalue weighted by Gasteiger charge is -2.39. The molecule has 1 fully saturated rings. The van der Waals surface area contributed by atoms with Gasteiger partial charge in [-0.15, -0.1) is 0 Å². The first kappa shape index (κ1) is 18.7. The van der Waals surface area contributed by atoms with Crippen molar-refractivity contribution < 1.29 is 14.3 Å². The molecular formula is C20H19Cl2NO3. The van der Waals surface area contributed by atoms with E-state index < -0.39 is 5.41 Å². The van der Waals surface area contributed by atoms with Crippen LogP contribution in [0, 0.1) is 0 Å². The number of rotatable bonds is 6. The van der Waals surface area contributed by atoms with E-state index in [2.05, 4.69) is 5.32 Å². The number of hydrogen-bond acceptors (Lipinski definition) is 3. The number of amides is 1. The molecule has 0 bridgehead atoms. The van der Waals surface area contributed by atoms with Gasteiger partial charge in [0.05, 0.1) is 5.41 Å². The smallest absolute Gasteiger partial charge is 0.317 e. The summed E-state index contributed by atoms with van der Waals surface area (Å²) in [4.78, 5) is 24.6. The lowest BCUT2D eigenvalue weighted by atomic mass is 9.64. The fraction of sp³-hybridized carbons (Fsp3) is 0.300.